The summed E-state index contributed by atoms with van der Waals surface area (Å²) < 4.78 is 29.2. The average Bonchev–Trinajstić information content (AvgIpc) is 0.787. The van der Waals surface area contributed by atoms with Crippen molar-refractivity contribution in [1.82, 2.24) is 5.06 Å². The van der Waals surface area contributed by atoms with Crippen LogP contribution in [-0.2, 0) is 24.1 Å². The summed E-state index contributed by atoms with van der Waals surface area (Å²) in [6, 6.07) is 19.5. The molecule has 6 unspecified atom stereocenters. The number of halogens is 9. The van der Waals surface area contributed by atoms with E-state index in [0.717, 1.165) is 121 Å². The molecule has 488 valence electrons. The van der Waals surface area contributed by atoms with Crippen molar-refractivity contribution in [2.45, 2.75) is 172 Å². The van der Waals surface area contributed by atoms with Crippen molar-refractivity contribution in [1.29, 1.82) is 0 Å². The van der Waals surface area contributed by atoms with Gasteiger partial charge in [0.25, 0.3) is 5.91 Å². The number of rotatable bonds is 16. The first-order valence-electron chi connectivity index (χ1n) is 31.6. The van der Waals surface area contributed by atoms with Crippen LogP contribution in [-0.4, -0.2) is 80.4 Å². The fraction of sp³-hybridized carbons (Fsp3) is 0.586. The van der Waals surface area contributed by atoms with E-state index < -0.39 is 39.8 Å². The van der Waals surface area contributed by atoms with Crippen molar-refractivity contribution in [2.75, 3.05) is 14.2 Å². The molecule has 0 saturated heterocycles. The van der Waals surface area contributed by atoms with Gasteiger partial charge in [0, 0.05) is 95.8 Å². The van der Waals surface area contributed by atoms with Crippen LogP contribution >= 0.6 is 114 Å². The normalized spacial score (nSPS) is 31.5. The van der Waals surface area contributed by atoms with Crippen molar-refractivity contribution in [3.8, 4) is 0 Å². The molecule has 1 amide bonds. The first kappa shape index (κ1) is 74.4. The SMILES string of the molecule is CCc1cc(Br)ccc1C(=O)CC1C2CC3CC1CC(O)(C3)C2.CCc1cc(C(=O)N(C)OC)ccc1C(=O)CC1C2CC3CC1CC(O)(C3)C2.CCc1cc(C(=O)c2c(F)cccc2F)ccc1C(=O)CC1C2CC3CC1CC(O)(C3)C2.I.II.I[I-]I. The molecule has 19 heteroatoms. The molecule has 10 nitrogen and oxygen atoms in total. The number of nitrogens with zero attached hydrogens (tertiary/aromatic N) is 1. The Morgan fingerprint density at radius 3 is 1.19 bits per heavy atom. The Morgan fingerprint density at radius 2 is 0.865 bits per heavy atom. The van der Waals surface area contributed by atoms with Gasteiger partial charge in [-0.2, -0.15) is 0 Å². The number of ketones is 4. The number of hydrogen-bond acceptors (Lipinski definition) is 9. The van der Waals surface area contributed by atoms with Crippen LogP contribution in [0.25, 0.3) is 0 Å². The van der Waals surface area contributed by atoms with E-state index in [0.29, 0.717) is 133 Å². The van der Waals surface area contributed by atoms with Crippen LogP contribution in [0.15, 0.2) is 77.3 Å². The molecule has 4 aromatic rings. The minimum atomic E-state index is -0.892. The Balaban J connectivity index is 0.000000167. The number of carbonyl (C=O) groups excluding carboxylic acids is 5. The van der Waals surface area contributed by atoms with Gasteiger partial charge in [-0.1, -0.05) is 67.0 Å². The molecule has 0 heterocycles. The Kier molecular flexibility index (Phi) is 27.0. The van der Waals surface area contributed by atoms with Gasteiger partial charge >= 0.3 is 50.5 Å². The number of amides is 1. The molecule has 12 bridgehead atoms. The Morgan fingerprint density at radius 1 is 0.551 bits per heavy atom. The molecule has 89 heavy (non-hydrogen) atoms. The van der Waals surface area contributed by atoms with Crippen LogP contribution in [0.3, 0.4) is 0 Å². The minimum absolute atomic E-state index is 0. The molecule has 3 N–H and O–H groups in total. The van der Waals surface area contributed by atoms with Crippen LogP contribution in [0, 0.1) is 82.6 Å². The van der Waals surface area contributed by atoms with Crippen LogP contribution in [0.1, 0.15) is 210 Å². The monoisotopic (exact) mass is 1960 g/mol. The van der Waals surface area contributed by atoms with Crippen molar-refractivity contribution in [2.24, 2.45) is 71.0 Å². The third-order valence-corrected chi connectivity index (χ3v) is 22.6. The van der Waals surface area contributed by atoms with E-state index in [1.165, 1.54) is 50.0 Å². The molecule has 16 rings (SSSR count). The van der Waals surface area contributed by atoms with E-state index in [2.05, 4.69) is 103 Å². The molecule has 12 aliphatic carbocycles. The fourth-order valence-corrected chi connectivity index (χ4v) is 19.5. The predicted molar refractivity (Wildman–Crippen MR) is 388 cm³/mol. The van der Waals surface area contributed by atoms with E-state index >= 15 is 0 Å². The van der Waals surface area contributed by atoms with Gasteiger partial charge in [-0.15, -0.1) is 24.0 Å². The van der Waals surface area contributed by atoms with Crippen LogP contribution in [0.4, 0.5) is 8.78 Å². The number of Topliss-reactive ketones (excluding diaryl/α,β-unsaturated/α-hetero) is 3. The zero-order chi connectivity index (χ0) is 63.6. The van der Waals surface area contributed by atoms with Crippen LogP contribution in [0.5, 0.6) is 0 Å². The van der Waals surface area contributed by atoms with E-state index in [1.807, 2.05) is 38.1 Å². The van der Waals surface area contributed by atoms with E-state index in [9.17, 15) is 48.1 Å². The van der Waals surface area contributed by atoms with Crippen molar-refractivity contribution in [3.63, 3.8) is 0 Å². The van der Waals surface area contributed by atoms with E-state index in [1.54, 1.807) is 25.2 Å². The van der Waals surface area contributed by atoms with Crippen molar-refractivity contribution < 1.29 is 66.2 Å². The summed E-state index contributed by atoms with van der Waals surface area (Å²) in [6.45, 7) is 6.03. The van der Waals surface area contributed by atoms with Gasteiger partial charge in [0.15, 0.2) is 23.1 Å². The van der Waals surface area contributed by atoms with E-state index in [4.69, 9.17) is 4.84 Å². The standard InChI is InChI=1S/C27H28F2O3.C23H31NO4.C20H25BrO2.I3.I2.HI/c1-2-16-10-17(26(31)25-22(28)4-3-5-23(25)29)6-7-20(16)24(30)11-21-18-8-15-9-19(21)14-27(32,12-15)13-18;1-4-15-9-16(22(26)24(2)28-3)5-6-19(15)21(25)10-20-17-7-14-8-18(20)13-23(27,11-14)12-17;1-2-13-7-16(21)3-4-17(13)19(22)8-18-14-5-12-6-15(18)11-20(23,9-12)10-14;1-3-2;1-2;/h3-7,10,15,18-19,21,32H,2,8-9,11-14H2,1H3;5-6,9,14,17-18,20,27H,4,7-8,10-13H2,1-3H3;3-4,7,12,14-15,18,23H,2,5-6,8-11H2,1H3;;;1H/q;;;-1;;. The summed E-state index contributed by atoms with van der Waals surface area (Å²) in [6.07, 6.45) is 19.0. The maximum absolute atomic E-state index is 14.1. The molecule has 0 aromatic heterocycles. The Labute approximate surface area is 603 Å². The molecule has 4 aromatic carbocycles. The van der Waals surface area contributed by atoms with Crippen LogP contribution < -0.4 is 13.3 Å². The van der Waals surface area contributed by atoms with Gasteiger partial charge in [-0.25, -0.2) is 13.8 Å². The third-order valence-electron chi connectivity index (χ3n) is 22.2. The zero-order valence-electron chi connectivity index (χ0n) is 51.4. The first-order chi connectivity index (χ1) is 42.0. The second-order valence-corrected chi connectivity index (χ2v) is 44.7. The summed E-state index contributed by atoms with van der Waals surface area (Å²) >= 11 is 13.0. The quantitative estimate of drug-likeness (QED) is 0.0564. The van der Waals surface area contributed by atoms with Gasteiger partial charge in [-0.05, 0) is 246 Å². The Hall–Kier alpha value is -0.410. The average molecular weight is 1960 g/mol. The number of carbonyl (C=O) groups is 5. The first-order valence-corrected chi connectivity index (χ1v) is 51.3. The molecule has 0 aliphatic heterocycles. The molecule has 0 radical (unpaired) electrons. The number of aliphatic hydroxyl groups is 3. The number of benzene rings is 4. The van der Waals surface area contributed by atoms with Gasteiger partial charge in [0.2, 0.25) is 0 Å². The van der Waals surface area contributed by atoms with Crippen LogP contribution in [0.2, 0.25) is 0 Å². The molecule has 0 spiro atoms. The topological polar surface area (TPSA) is 159 Å². The summed E-state index contributed by atoms with van der Waals surface area (Å²) in [5.41, 5.74) is 3.79. The maximum atomic E-state index is 14.1. The summed E-state index contributed by atoms with van der Waals surface area (Å²) in [7, 11) is 3.03. The zero-order valence-corrected chi connectivity index (χ0v) is 66.1. The number of hydroxylamine groups is 2. The van der Waals surface area contributed by atoms with Gasteiger partial charge in [0.1, 0.15) is 11.6 Å². The summed E-state index contributed by atoms with van der Waals surface area (Å²) in [5, 5.41) is 33.5. The third kappa shape index (κ3) is 17.1. The van der Waals surface area contributed by atoms with Crippen molar-refractivity contribution in [3.05, 3.63) is 139 Å². The Bertz CT molecular complexity index is 3160. The second kappa shape index (κ2) is 32.3. The van der Waals surface area contributed by atoms with Gasteiger partial charge in [-0.3, -0.25) is 28.8 Å². The predicted octanol–water partition coefficient (Wildman–Crippen LogP) is 15.1. The second-order valence-electron chi connectivity index (χ2n) is 27.5. The van der Waals surface area contributed by atoms with Gasteiger partial charge in [0.05, 0.1) is 29.5 Å². The molecule has 6 atom stereocenters. The molecular formula is C70H85BrF2I6NO9-. The van der Waals surface area contributed by atoms with E-state index in [-0.39, 0.29) is 47.0 Å². The summed E-state index contributed by atoms with van der Waals surface area (Å²) in [5.74, 6) is 3.90. The number of aryl methyl sites for hydroxylation is 3. The van der Waals surface area contributed by atoms with Crippen molar-refractivity contribution >= 4 is 143 Å². The van der Waals surface area contributed by atoms with Gasteiger partial charge < -0.3 is 15.3 Å². The molecule has 12 fully saturated rings. The summed E-state index contributed by atoms with van der Waals surface area (Å²) in [4.78, 5) is 69.5. The molecular weight excluding hydrogens is 1880 g/mol. The number of hydrogen-bond donors (Lipinski definition) is 3. The molecule has 12 saturated carbocycles. The molecule has 12 aliphatic rings. The fourth-order valence-electron chi connectivity index (χ4n) is 19.1.